The molecule has 0 fully saturated rings. The van der Waals surface area contributed by atoms with Crippen LogP contribution < -0.4 is 10.6 Å². The molecule has 2 aromatic heterocycles. The van der Waals surface area contributed by atoms with Gasteiger partial charge in [-0.1, -0.05) is 39.0 Å². The molecule has 0 saturated carbocycles. The van der Waals surface area contributed by atoms with Crippen molar-refractivity contribution < 1.29 is 18.0 Å². The molecule has 0 spiro atoms. The predicted molar refractivity (Wildman–Crippen MR) is 152 cm³/mol. The Balaban J connectivity index is 1.48. The minimum Gasteiger partial charge on any atom is -0.345 e. The molecule has 0 radical (unpaired) electrons. The van der Waals surface area contributed by atoms with E-state index in [1.165, 1.54) is 61.5 Å². The first kappa shape index (κ1) is 28.8. The summed E-state index contributed by atoms with van der Waals surface area (Å²) in [5, 5.41) is 23.4. The number of hydrogen-bond acceptors (Lipinski definition) is 10. The molecule has 0 aliphatic rings. The molecule has 0 bridgehead atoms. The number of aryl methyl sites for hydroxylation is 1. The lowest BCUT2D eigenvalue weighted by molar-refractivity contribution is -0.113. The summed E-state index contributed by atoms with van der Waals surface area (Å²) in [5.74, 6) is -0.173. The Kier molecular flexibility index (Phi) is 9.12. The number of hydrogen-bond donors (Lipinski definition) is 2. The summed E-state index contributed by atoms with van der Waals surface area (Å²) in [5.41, 5.74) is 1.04. The van der Waals surface area contributed by atoms with Crippen LogP contribution in [0.2, 0.25) is 0 Å². The molecule has 204 valence electrons. The quantitative estimate of drug-likeness (QED) is 0.247. The van der Waals surface area contributed by atoms with Gasteiger partial charge in [-0.2, -0.15) is 0 Å². The summed E-state index contributed by atoms with van der Waals surface area (Å²) >= 11 is 5.89. The first-order valence-electron chi connectivity index (χ1n) is 11.3. The van der Waals surface area contributed by atoms with Crippen molar-refractivity contribution in [3.8, 4) is 5.69 Å². The monoisotopic (exact) mass is 650 g/mol. The van der Waals surface area contributed by atoms with E-state index < -0.39 is 15.9 Å². The van der Waals surface area contributed by atoms with Crippen molar-refractivity contribution in [3.05, 3.63) is 69.4 Å². The number of aromatic nitrogens is 5. The average Bonchev–Trinajstić information content (AvgIpc) is 3.51. The molecule has 4 rings (SSSR count). The summed E-state index contributed by atoms with van der Waals surface area (Å²) in [6.45, 7) is 1.84. The number of rotatable bonds is 10. The number of sulfonamides is 1. The Labute approximate surface area is 241 Å². The van der Waals surface area contributed by atoms with Crippen molar-refractivity contribution in [3.63, 3.8) is 0 Å². The summed E-state index contributed by atoms with van der Waals surface area (Å²) < 4.78 is 28.3. The normalized spacial score (nSPS) is 11.5. The molecular formula is C23H23BrN8O4S3. The summed E-state index contributed by atoms with van der Waals surface area (Å²) in [4.78, 5) is 25.3. The topological polar surface area (TPSA) is 152 Å². The SMILES string of the molecule is Cc1nnc(NC(=O)CSc2nnc(CNC(=O)c3ccc(S(=O)(=O)N(C)C)cc3)n2-c2ccc(Br)cc2)s1. The Morgan fingerprint density at radius 3 is 2.33 bits per heavy atom. The van der Waals surface area contributed by atoms with Crippen molar-refractivity contribution in [2.24, 2.45) is 0 Å². The lowest BCUT2D eigenvalue weighted by Gasteiger charge is -2.12. The first-order chi connectivity index (χ1) is 18.5. The predicted octanol–water partition coefficient (Wildman–Crippen LogP) is 3.10. The van der Waals surface area contributed by atoms with Gasteiger partial charge < -0.3 is 5.32 Å². The standard InChI is InChI=1S/C23H23BrN8O4S3/c1-14-27-29-22(38-14)26-20(33)13-37-23-30-28-19(32(23)17-8-6-16(24)7-9-17)12-25-21(34)15-4-10-18(11-5-15)39(35,36)31(2)3/h4-11H,12-13H2,1-3H3,(H,25,34)(H,26,29,33). The molecule has 39 heavy (non-hydrogen) atoms. The Hall–Kier alpha value is -3.18. The van der Waals surface area contributed by atoms with Gasteiger partial charge in [0.25, 0.3) is 5.91 Å². The van der Waals surface area contributed by atoms with Crippen molar-refractivity contribution in [2.75, 3.05) is 25.2 Å². The highest BCUT2D eigenvalue weighted by Crippen LogP contribution is 2.24. The van der Waals surface area contributed by atoms with Crippen LogP contribution >= 0.6 is 39.0 Å². The van der Waals surface area contributed by atoms with Gasteiger partial charge in [0.2, 0.25) is 21.1 Å². The third-order valence-electron chi connectivity index (χ3n) is 5.19. The van der Waals surface area contributed by atoms with Crippen LogP contribution in [0.4, 0.5) is 5.13 Å². The van der Waals surface area contributed by atoms with E-state index in [-0.39, 0.29) is 23.1 Å². The summed E-state index contributed by atoms with van der Waals surface area (Å²) in [6, 6.07) is 13.1. The van der Waals surface area contributed by atoms with Crippen LogP contribution in [0.25, 0.3) is 5.69 Å². The highest BCUT2D eigenvalue weighted by molar-refractivity contribution is 9.10. The largest absolute Gasteiger partial charge is 0.345 e. The maximum absolute atomic E-state index is 12.8. The van der Waals surface area contributed by atoms with E-state index in [1.54, 1.807) is 11.5 Å². The number of amides is 2. The van der Waals surface area contributed by atoms with E-state index in [1.807, 2.05) is 24.3 Å². The van der Waals surface area contributed by atoms with Gasteiger partial charge in [-0.25, -0.2) is 12.7 Å². The van der Waals surface area contributed by atoms with Gasteiger partial charge in [-0.15, -0.1) is 20.4 Å². The second kappa shape index (κ2) is 12.3. The molecule has 0 aliphatic heterocycles. The van der Waals surface area contributed by atoms with E-state index in [0.717, 1.165) is 19.5 Å². The molecule has 2 aromatic carbocycles. The molecular weight excluding hydrogens is 628 g/mol. The number of anilines is 1. The van der Waals surface area contributed by atoms with Crippen LogP contribution in [0.5, 0.6) is 0 Å². The van der Waals surface area contributed by atoms with Gasteiger partial charge in [0, 0.05) is 29.8 Å². The van der Waals surface area contributed by atoms with Gasteiger partial charge in [-0.05, 0) is 55.5 Å². The van der Waals surface area contributed by atoms with E-state index in [0.29, 0.717) is 21.7 Å². The molecule has 2 heterocycles. The summed E-state index contributed by atoms with van der Waals surface area (Å²) in [7, 11) is -0.719. The van der Waals surface area contributed by atoms with E-state index in [9.17, 15) is 18.0 Å². The number of halogens is 1. The lowest BCUT2D eigenvalue weighted by Crippen LogP contribution is -2.25. The molecule has 0 atom stereocenters. The number of nitrogens with zero attached hydrogens (tertiary/aromatic N) is 6. The van der Waals surface area contributed by atoms with Gasteiger partial charge in [0.15, 0.2) is 11.0 Å². The van der Waals surface area contributed by atoms with Crippen molar-refractivity contribution in [1.29, 1.82) is 0 Å². The van der Waals surface area contributed by atoms with Crippen LogP contribution in [0.15, 0.2) is 63.1 Å². The zero-order chi connectivity index (χ0) is 28.2. The van der Waals surface area contributed by atoms with E-state index in [4.69, 9.17) is 0 Å². The highest BCUT2D eigenvalue weighted by Gasteiger charge is 2.19. The van der Waals surface area contributed by atoms with E-state index >= 15 is 0 Å². The first-order valence-corrected chi connectivity index (χ1v) is 15.3. The third-order valence-corrected chi connectivity index (χ3v) is 9.23. The number of carbonyl (C=O) groups excluding carboxylic acids is 2. The molecule has 0 aliphatic carbocycles. The Morgan fingerprint density at radius 2 is 1.72 bits per heavy atom. The fourth-order valence-electron chi connectivity index (χ4n) is 3.24. The number of thioether (sulfide) groups is 1. The number of nitrogens with one attached hydrogen (secondary N) is 2. The fraction of sp³-hybridized carbons (Fsp3) is 0.217. The fourth-order valence-corrected chi connectivity index (χ4v) is 5.79. The minimum absolute atomic E-state index is 0.0382. The van der Waals surface area contributed by atoms with Gasteiger partial charge in [0.05, 0.1) is 17.2 Å². The zero-order valence-corrected chi connectivity index (χ0v) is 25.0. The van der Waals surface area contributed by atoms with E-state index in [2.05, 4.69) is 47.0 Å². The van der Waals surface area contributed by atoms with Crippen molar-refractivity contribution >= 4 is 66.0 Å². The smallest absolute Gasteiger partial charge is 0.251 e. The molecule has 2 amide bonds. The molecule has 2 N–H and O–H groups in total. The van der Waals surface area contributed by atoms with Crippen molar-refractivity contribution in [2.45, 2.75) is 23.5 Å². The average molecular weight is 652 g/mol. The lowest BCUT2D eigenvalue weighted by atomic mass is 10.2. The molecule has 12 nitrogen and oxygen atoms in total. The minimum atomic E-state index is -3.60. The maximum atomic E-state index is 12.8. The molecule has 4 aromatic rings. The van der Waals surface area contributed by atoms with Crippen LogP contribution in [-0.4, -0.2) is 69.3 Å². The Bertz CT molecular complexity index is 1590. The number of benzene rings is 2. The third kappa shape index (κ3) is 7.07. The van der Waals surface area contributed by atoms with Crippen LogP contribution in [0, 0.1) is 6.92 Å². The number of carbonyl (C=O) groups is 2. The van der Waals surface area contributed by atoms with Crippen LogP contribution in [-0.2, 0) is 21.4 Å². The van der Waals surface area contributed by atoms with Crippen LogP contribution in [0.1, 0.15) is 21.2 Å². The molecule has 16 heteroatoms. The maximum Gasteiger partial charge on any atom is 0.251 e. The Morgan fingerprint density at radius 1 is 1.03 bits per heavy atom. The zero-order valence-electron chi connectivity index (χ0n) is 21.0. The summed E-state index contributed by atoms with van der Waals surface area (Å²) in [6.07, 6.45) is 0. The second-order valence-electron chi connectivity index (χ2n) is 8.17. The molecule has 0 saturated heterocycles. The van der Waals surface area contributed by atoms with Gasteiger partial charge >= 0.3 is 0 Å². The van der Waals surface area contributed by atoms with Gasteiger partial charge in [0.1, 0.15) is 5.01 Å². The van der Waals surface area contributed by atoms with Gasteiger partial charge in [-0.3, -0.25) is 19.5 Å². The molecule has 0 unspecified atom stereocenters. The second-order valence-corrected chi connectivity index (χ2v) is 13.4. The van der Waals surface area contributed by atoms with Crippen LogP contribution in [0.3, 0.4) is 0 Å². The van der Waals surface area contributed by atoms with Crippen molar-refractivity contribution in [1.82, 2.24) is 34.6 Å². The highest BCUT2D eigenvalue weighted by atomic mass is 79.9.